The van der Waals surface area contributed by atoms with Gasteiger partial charge in [0.15, 0.2) is 0 Å². The molecule has 1 fully saturated rings. The van der Waals surface area contributed by atoms with E-state index in [1.807, 2.05) is 0 Å². The fourth-order valence-corrected chi connectivity index (χ4v) is 3.50. The molecule has 0 atom stereocenters. The molecule has 1 saturated carbocycles. The van der Waals surface area contributed by atoms with Gasteiger partial charge in [-0.25, -0.2) is 0 Å². The molecule has 2 heteroatoms. The highest BCUT2D eigenvalue weighted by Crippen LogP contribution is 2.31. The number of aromatic nitrogens is 1. The van der Waals surface area contributed by atoms with E-state index >= 15 is 0 Å². The zero-order chi connectivity index (χ0) is 12.5. The number of hydrogen-bond donors (Lipinski definition) is 0. The second kappa shape index (κ2) is 4.85. The maximum absolute atomic E-state index is 5.70. The summed E-state index contributed by atoms with van der Waals surface area (Å²) in [4.78, 5) is 0. The van der Waals surface area contributed by atoms with Crippen molar-refractivity contribution in [2.45, 2.75) is 45.1 Å². The summed E-state index contributed by atoms with van der Waals surface area (Å²) in [5.74, 6) is 0. The lowest BCUT2D eigenvalue weighted by molar-refractivity contribution is 0.350. The van der Waals surface area contributed by atoms with Gasteiger partial charge in [-0.1, -0.05) is 55.7 Å². The van der Waals surface area contributed by atoms with E-state index in [1.54, 1.807) is 0 Å². The van der Waals surface area contributed by atoms with Crippen molar-refractivity contribution in [3.05, 3.63) is 40.7 Å². The summed E-state index contributed by atoms with van der Waals surface area (Å²) in [5.41, 5.74) is 1.34. The van der Waals surface area contributed by atoms with Crippen LogP contribution in [0.25, 0.3) is 10.8 Å². The van der Waals surface area contributed by atoms with E-state index in [1.165, 1.54) is 48.4 Å². The molecule has 18 heavy (non-hydrogen) atoms. The van der Waals surface area contributed by atoms with Crippen molar-refractivity contribution in [3.8, 4) is 0 Å². The van der Waals surface area contributed by atoms with E-state index in [2.05, 4.69) is 42.0 Å². The molecule has 1 aliphatic carbocycles. The second-order valence-electron chi connectivity index (χ2n) is 5.36. The average Bonchev–Trinajstić information content (AvgIpc) is 2.44. The predicted octanol–water partition coefficient (Wildman–Crippen LogP) is 5.18. The Morgan fingerprint density at radius 3 is 2.44 bits per heavy atom. The van der Waals surface area contributed by atoms with Gasteiger partial charge in [0.25, 0.3) is 0 Å². The Bertz CT molecular complexity index is 621. The van der Waals surface area contributed by atoms with Gasteiger partial charge in [-0.3, -0.25) is 0 Å². The zero-order valence-electron chi connectivity index (χ0n) is 10.9. The van der Waals surface area contributed by atoms with E-state index in [9.17, 15) is 0 Å². The first kappa shape index (κ1) is 11.9. The highest BCUT2D eigenvalue weighted by atomic mass is 32.1. The summed E-state index contributed by atoms with van der Waals surface area (Å²) < 4.78 is 3.37. The van der Waals surface area contributed by atoms with E-state index in [-0.39, 0.29) is 0 Å². The van der Waals surface area contributed by atoms with Crippen LogP contribution in [-0.4, -0.2) is 4.57 Å². The highest BCUT2D eigenvalue weighted by Gasteiger charge is 2.16. The Kier molecular flexibility index (Phi) is 3.21. The van der Waals surface area contributed by atoms with Crippen molar-refractivity contribution < 1.29 is 0 Å². The van der Waals surface area contributed by atoms with Gasteiger partial charge in [0, 0.05) is 17.6 Å². The molecule has 0 amide bonds. The monoisotopic (exact) mass is 257 g/mol. The minimum atomic E-state index is 0.620. The summed E-state index contributed by atoms with van der Waals surface area (Å²) in [6.45, 7) is 2.19. The Balaban J connectivity index is 2.18. The molecule has 0 radical (unpaired) electrons. The molecule has 0 spiro atoms. The number of fused-ring (bicyclic) bond motifs is 1. The molecule has 0 N–H and O–H groups in total. The molecule has 1 aromatic heterocycles. The number of hydrogen-bond acceptors (Lipinski definition) is 1. The molecule has 3 rings (SSSR count). The maximum atomic E-state index is 5.70. The van der Waals surface area contributed by atoms with Crippen LogP contribution in [0.4, 0.5) is 0 Å². The zero-order valence-corrected chi connectivity index (χ0v) is 11.7. The Hall–Kier alpha value is -1.15. The summed E-state index contributed by atoms with van der Waals surface area (Å²) in [5, 5.41) is 2.53. The first-order valence-corrected chi connectivity index (χ1v) is 7.28. The summed E-state index contributed by atoms with van der Waals surface area (Å²) >= 11 is 5.70. The van der Waals surface area contributed by atoms with Crippen LogP contribution in [0.5, 0.6) is 0 Å². The number of benzene rings is 1. The fourth-order valence-electron chi connectivity index (χ4n) is 3.12. The van der Waals surface area contributed by atoms with Gasteiger partial charge >= 0.3 is 0 Å². The van der Waals surface area contributed by atoms with Gasteiger partial charge < -0.3 is 4.57 Å². The third kappa shape index (κ3) is 1.99. The van der Waals surface area contributed by atoms with Crippen LogP contribution >= 0.6 is 12.2 Å². The smallest absolute Gasteiger partial charge is 0.114 e. The van der Waals surface area contributed by atoms with Crippen molar-refractivity contribution in [1.29, 1.82) is 0 Å². The molecule has 94 valence electrons. The summed E-state index contributed by atoms with van der Waals surface area (Å²) in [6.07, 6.45) is 8.91. The Morgan fingerprint density at radius 2 is 1.72 bits per heavy atom. The van der Waals surface area contributed by atoms with E-state index in [4.69, 9.17) is 12.2 Å². The van der Waals surface area contributed by atoms with Crippen molar-refractivity contribution in [1.82, 2.24) is 4.57 Å². The van der Waals surface area contributed by atoms with Gasteiger partial charge in [0.05, 0.1) is 0 Å². The lowest BCUT2D eigenvalue weighted by Crippen LogP contribution is -2.14. The maximum Gasteiger partial charge on any atom is 0.114 e. The van der Waals surface area contributed by atoms with E-state index < -0.39 is 0 Å². The molecule has 2 aromatic rings. The molecule has 0 saturated heterocycles. The van der Waals surface area contributed by atoms with Crippen molar-refractivity contribution in [2.75, 3.05) is 0 Å². The number of nitrogens with zero attached hydrogens (tertiary/aromatic N) is 1. The first-order valence-electron chi connectivity index (χ1n) is 6.88. The van der Waals surface area contributed by atoms with Gasteiger partial charge in [0.1, 0.15) is 4.64 Å². The topological polar surface area (TPSA) is 4.93 Å². The molecule has 0 aliphatic heterocycles. The fraction of sp³-hybridized carbons (Fsp3) is 0.438. The van der Waals surface area contributed by atoms with Gasteiger partial charge in [-0.05, 0) is 30.7 Å². The van der Waals surface area contributed by atoms with Crippen LogP contribution in [0.3, 0.4) is 0 Å². The first-order chi connectivity index (χ1) is 8.77. The van der Waals surface area contributed by atoms with Crippen molar-refractivity contribution in [2.24, 2.45) is 0 Å². The van der Waals surface area contributed by atoms with E-state index in [0.29, 0.717) is 6.04 Å². The lowest BCUT2D eigenvalue weighted by atomic mass is 9.95. The van der Waals surface area contributed by atoms with Crippen LogP contribution in [-0.2, 0) is 0 Å². The van der Waals surface area contributed by atoms with Crippen molar-refractivity contribution in [3.63, 3.8) is 0 Å². The summed E-state index contributed by atoms with van der Waals surface area (Å²) in [6, 6.07) is 9.13. The Morgan fingerprint density at radius 1 is 1.06 bits per heavy atom. The average molecular weight is 257 g/mol. The van der Waals surface area contributed by atoms with E-state index in [0.717, 1.165) is 4.64 Å². The summed E-state index contributed by atoms with van der Waals surface area (Å²) in [7, 11) is 0. The highest BCUT2D eigenvalue weighted by molar-refractivity contribution is 7.71. The number of pyridine rings is 1. The number of aryl methyl sites for hydroxylation is 1. The third-order valence-corrected chi connectivity index (χ3v) is 4.55. The molecule has 1 aromatic carbocycles. The van der Waals surface area contributed by atoms with Gasteiger partial charge in [-0.2, -0.15) is 0 Å². The predicted molar refractivity (Wildman–Crippen MR) is 79.6 cm³/mol. The molecule has 1 nitrogen and oxygen atoms in total. The minimum absolute atomic E-state index is 0.620. The van der Waals surface area contributed by atoms with Crippen LogP contribution in [0.2, 0.25) is 0 Å². The number of rotatable bonds is 1. The van der Waals surface area contributed by atoms with Crippen molar-refractivity contribution >= 4 is 23.0 Å². The largest absolute Gasteiger partial charge is 0.335 e. The minimum Gasteiger partial charge on any atom is -0.335 e. The lowest BCUT2D eigenvalue weighted by Gasteiger charge is -2.26. The third-order valence-electron chi connectivity index (χ3n) is 4.12. The molecule has 0 unspecified atom stereocenters. The quantitative estimate of drug-likeness (QED) is 0.637. The molecular weight excluding hydrogens is 238 g/mol. The molecule has 1 aliphatic rings. The second-order valence-corrected chi connectivity index (χ2v) is 5.75. The van der Waals surface area contributed by atoms with Crippen LogP contribution in [0, 0.1) is 11.6 Å². The molecule has 0 bridgehead atoms. The standard InChI is InChI=1S/C16H19NS/c1-12-11-17(13-7-3-2-4-8-13)16(18)15-10-6-5-9-14(12)15/h5-6,9-11,13H,2-4,7-8H2,1H3. The van der Waals surface area contributed by atoms with Gasteiger partial charge in [0.2, 0.25) is 0 Å². The molecular formula is C16H19NS. The van der Waals surface area contributed by atoms with Gasteiger partial charge in [-0.15, -0.1) is 0 Å². The van der Waals surface area contributed by atoms with Crippen LogP contribution in [0.15, 0.2) is 30.5 Å². The molecule has 1 heterocycles. The Labute approximate surface area is 113 Å². The SMILES string of the molecule is Cc1cn(C2CCCCC2)c(=S)c2ccccc12. The van der Waals surface area contributed by atoms with Crippen LogP contribution < -0.4 is 0 Å². The van der Waals surface area contributed by atoms with Crippen LogP contribution in [0.1, 0.15) is 43.7 Å². The normalized spacial score (nSPS) is 17.2.